The van der Waals surface area contributed by atoms with Crippen LogP contribution in [0.2, 0.25) is 5.02 Å². The Morgan fingerprint density at radius 1 is 1.30 bits per heavy atom. The van der Waals surface area contributed by atoms with E-state index in [-0.39, 0.29) is 6.61 Å². The molecule has 1 saturated heterocycles. The molecular weight excluding hydrogens is 288 g/mol. The summed E-state index contributed by atoms with van der Waals surface area (Å²) in [6.45, 7) is -0.586. The highest BCUT2D eigenvalue weighted by Gasteiger charge is 2.38. The lowest BCUT2D eigenvalue weighted by Gasteiger charge is -2.25. The van der Waals surface area contributed by atoms with Crippen molar-refractivity contribution < 1.29 is 29.9 Å². The van der Waals surface area contributed by atoms with Crippen LogP contribution in [0, 0.1) is 0 Å². The second-order valence-electron chi connectivity index (χ2n) is 4.63. The summed E-state index contributed by atoms with van der Waals surface area (Å²) < 4.78 is 10.9. The minimum Gasteiger partial charge on any atom is -0.394 e. The first-order valence-corrected chi connectivity index (χ1v) is 6.58. The van der Waals surface area contributed by atoms with Crippen LogP contribution in [-0.2, 0) is 9.47 Å². The lowest BCUT2D eigenvalue weighted by molar-refractivity contribution is -0.134. The van der Waals surface area contributed by atoms with Crippen molar-refractivity contribution in [1.82, 2.24) is 0 Å². The summed E-state index contributed by atoms with van der Waals surface area (Å²) >= 11 is 5.87. The number of rotatable bonds is 5. The van der Waals surface area contributed by atoms with E-state index < -0.39 is 37.3 Å². The van der Waals surface area contributed by atoms with Gasteiger partial charge in [-0.1, -0.05) is 23.7 Å². The fraction of sp³-hybridized carbons (Fsp3) is 0.538. The van der Waals surface area contributed by atoms with Crippen molar-refractivity contribution in [2.45, 2.75) is 30.7 Å². The Labute approximate surface area is 121 Å². The molecule has 0 spiro atoms. The van der Waals surface area contributed by atoms with Crippen molar-refractivity contribution in [2.75, 3.05) is 13.2 Å². The van der Waals surface area contributed by atoms with Crippen LogP contribution >= 0.6 is 11.6 Å². The summed E-state index contributed by atoms with van der Waals surface area (Å²) in [5.41, 5.74) is 0.699. The number of aliphatic hydroxyl groups is 4. The molecule has 1 heterocycles. The maximum Gasteiger partial charge on any atom is 0.184 e. The maximum absolute atomic E-state index is 9.89. The van der Waals surface area contributed by atoms with Crippen LogP contribution in [0.15, 0.2) is 24.3 Å². The van der Waals surface area contributed by atoms with Gasteiger partial charge in [-0.15, -0.1) is 0 Å². The van der Waals surface area contributed by atoms with E-state index in [0.717, 1.165) is 0 Å². The summed E-state index contributed by atoms with van der Waals surface area (Å²) in [6, 6.07) is 6.91. The van der Waals surface area contributed by atoms with Crippen LogP contribution in [0.25, 0.3) is 0 Å². The van der Waals surface area contributed by atoms with Crippen molar-refractivity contribution in [2.24, 2.45) is 0 Å². The number of benzene rings is 1. The Morgan fingerprint density at radius 3 is 2.70 bits per heavy atom. The summed E-state index contributed by atoms with van der Waals surface area (Å²) in [4.78, 5) is 0. The molecular formula is C13H17ClO6. The molecule has 1 aliphatic rings. The molecule has 0 saturated carbocycles. The smallest absolute Gasteiger partial charge is 0.184 e. The molecule has 0 radical (unpaired) electrons. The maximum atomic E-state index is 9.89. The normalized spacial score (nSPS) is 27.2. The van der Waals surface area contributed by atoms with Gasteiger partial charge in [-0.2, -0.15) is 0 Å². The molecule has 6 nitrogen and oxygen atoms in total. The topological polar surface area (TPSA) is 99.4 Å². The van der Waals surface area contributed by atoms with Gasteiger partial charge in [-0.05, 0) is 12.1 Å². The summed E-state index contributed by atoms with van der Waals surface area (Å²) in [5, 5.41) is 38.1. The fourth-order valence-electron chi connectivity index (χ4n) is 1.98. The van der Waals surface area contributed by atoms with Crippen LogP contribution in [0.5, 0.6) is 0 Å². The highest BCUT2D eigenvalue weighted by molar-refractivity contribution is 6.30. The predicted octanol–water partition coefficient (Wildman–Crippen LogP) is -0.171. The van der Waals surface area contributed by atoms with E-state index in [9.17, 15) is 15.3 Å². The van der Waals surface area contributed by atoms with E-state index in [0.29, 0.717) is 10.6 Å². The summed E-state index contributed by atoms with van der Waals surface area (Å²) in [6.07, 6.45) is -5.78. The molecule has 1 fully saturated rings. The Bertz CT molecular complexity index is 443. The lowest BCUT2D eigenvalue weighted by Crippen LogP contribution is -2.46. The molecule has 1 aromatic rings. The summed E-state index contributed by atoms with van der Waals surface area (Å²) in [7, 11) is 0. The van der Waals surface area contributed by atoms with E-state index in [1.807, 2.05) is 0 Å². The molecule has 20 heavy (non-hydrogen) atoms. The van der Waals surface area contributed by atoms with Crippen LogP contribution in [0.1, 0.15) is 11.9 Å². The Morgan fingerprint density at radius 2 is 2.05 bits per heavy atom. The van der Waals surface area contributed by atoms with Gasteiger partial charge in [0, 0.05) is 10.6 Å². The largest absolute Gasteiger partial charge is 0.394 e. The van der Waals surface area contributed by atoms with Gasteiger partial charge in [0.05, 0.1) is 13.2 Å². The van der Waals surface area contributed by atoms with Crippen LogP contribution in [0.3, 0.4) is 0 Å². The minimum absolute atomic E-state index is 0.0631. The molecule has 7 heteroatoms. The first-order valence-electron chi connectivity index (χ1n) is 6.20. The van der Waals surface area contributed by atoms with Crippen molar-refractivity contribution in [3.05, 3.63) is 34.9 Å². The summed E-state index contributed by atoms with van der Waals surface area (Å²) in [5.74, 6) is 0. The van der Waals surface area contributed by atoms with E-state index in [2.05, 4.69) is 0 Å². The molecule has 1 aliphatic heterocycles. The highest BCUT2D eigenvalue weighted by atomic mass is 35.5. The standard InChI is InChI=1S/C13H17ClO6/c14-8-3-1-2-7(4-8)13-19-6-10(20-13)12(18)11(17)9(16)5-15/h1-4,9-13,15-18H,5-6H2/t9-,10+,11+,12+,13?/m1/s1. The number of aliphatic hydroxyl groups excluding tert-OH is 4. The third kappa shape index (κ3) is 3.48. The first-order chi connectivity index (χ1) is 9.52. The van der Waals surface area contributed by atoms with Crippen molar-refractivity contribution in [3.8, 4) is 0 Å². The van der Waals surface area contributed by atoms with Gasteiger partial charge >= 0.3 is 0 Å². The Kier molecular flexibility index (Phi) is 5.34. The molecule has 5 atom stereocenters. The van der Waals surface area contributed by atoms with Gasteiger partial charge in [0.1, 0.15) is 24.4 Å². The van der Waals surface area contributed by atoms with Gasteiger partial charge in [0.2, 0.25) is 0 Å². The molecule has 0 bridgehead atoms. The molecule has 0 amide bonds. The molecule has 0 aromatic heterocycles. The quantitative estimate of drug-likeness (QED) is 0.603. The number of hydrogen-bond acceptors (Lipinski definition) is 6. The molecule has 1 aromatic carbocycles. The average Bonchev–Trinajstić information content (AvgIpc) is 2.94. The molecule has 1 unspecified atom stereocenters. The molecule has 0 aliphatic carbocycles. The van der Waals surface area contributed by atoms with Gasteiger partial charge < -0.3 is 29.9 Å². The molecule has 112 valence electrons. The lowest BCUT2D eigenvalue weighted by atomic mass is 10.0. The second-order valence-corrected chi connectivity index (χ2v) is 5.06. The van der Waals surface area contributed by atoms with Crippen LogP contribution in [0.4, 0.5) is 0 Å². The van der Waals surface area contributed by atoms with Gasteiger partial charge in [-0.25, -0.2) is 0 Å². The molecule has 2 rings (SSSR count). The minimum atomic E-state index is -1.51. The number of hydrogen-bond donors (Lipinski definition) is 4. The predicted molar refractivity (Wildman–Crippen MR) is 70.1 cm³/mol. The monoisotopic (exact) mass is 304 g/mol. The average molecular weight is 305 g/mol. The first kappa shape index (κ1) is 15.7. The van der Waals surface area contributed by atoms with Gasteiger partial charge in [0.15, 0.2) is 6.29 Å². The zero-order valence-corrected chi connectivity index (χ0v) is 11.3. The van der Waals surface area contributed by atoms with E-state index in [1.54, 1.807) is 24.3 Å². The third-order valence-electron chi connectivity index (χ3n) is 3.14. The van der Waals surface area contributed by atoms with Crippen molar-refractivity contribution >= 4 is 11.6 Å². The Hall–Kier alpha value is -0.730. The number of halogens is 1. The van der Waals surface area contributed by atoms with Gasteiger partial charge in [-0.3, -0.25) is 0 Å². The zero-order chi connectivity index (χ0) is 14.7. The van der Waals surface area contributed by atoms with Crippen molar-refractivity contribution in [3.63, 3.8) is 0 Å². The second kappa shape index (κ2) is 6.82. The Balaban J connectivity index is 1.98. The molecule has 4 N–H and O–H groups in total. The number of ether oxygens (including phenoxy) is 2. The third-order valence-corrected chi connectivity index (χ3v) is 3.38. The zero-order valence-electron chi connectivity index (χ0n) is 10.6. The van der Waals surface area contributed by atoms with E-state index >= 15 is 0 Å². The van der Waals surface area contributed by atoms with Crippen LogP contribution < -0.4 is 0 Å². The fourth-order valence-corrected chi connectivity index (χ4v) is 2.18. The SMILES string of the molecule is OC[C@@H](O)[C@H](O)[C@@H](O)[C@@H]1COC(c2cccc(Cl)c2)O1. The van der Waals surface area contributed by atoms with Crippen molar-refractivity contribution in [1.29, 1.82) is 0 Å². The van der Waals surface area contributed by atoms with Crippen LogP contribution in [-0.4, -0.2) is 58.1 Å². The van der Waals surface area contributed by atoms with E-state index in [1.165, 1.54) is 0 Å². The highest BCUT2D eigenvalue weighted by Crippen LogP contribution is 2.30. The van der Waals surface area contributed by atoms with Gasteiger partial charge in [0.25, 0.3) is 0 Å². The van der Waals surface area contributed by atoms with E-state index in [4.69, 9.17) is 26.2 Å².